The van der Waals surface area contributed by atoms with E-state index in [0.717, 1.165) is 25.2 Å². The summed E-state index contributed by atoms with van der Waals surface area (Å²) >= 11 is 0. The zero-order chi connectivity index (χ0) is 7.33. The molecule has 0 fully saturated rings. The molecule has 2 heteroatoms. The fourth-order valence-corrected chi connectivity index (χ4v) is 1.95. The summed E-state index contributed by atoms with van der Waals surface area (Å²) in [7, 11) is -1.69. The van der Waals surface area contributed by atoms with E-state index in [-0.39, 0.29) is 0 Å². The molecule has 9 heavy (non-hydrogen) atoms. The Morgan fingerprint density at radius 1 is 1.33 bits per heavy atom. The summed E-state index contributed by atoms with van der Waals surface area (Å²) in [6.07, 6.45) is 4.10. The van der Waals surface area contributed by atoms with Crippen molar-refractivity contribution in [2.75, 3.05) is 19.0 Å². The quantitative estimate of drug-likeness (QED) is 0.560. The molecule has 0 bridgehead atoms. The third-order valence-corrected chi connectivity index (χ3v) is 4.25. The van der Waals surface area contributed by atoms with Gasteiger partial charge in [0.1, 0.15) is 0 Å². The highest BCUT2D eigenvalue weighted by Crippen LogP contribution is 2.40. The van der Waals surface area contributed by atoms with Gasteiger partial charge < -0.3 is 4.57 Å². The second-order valence-electron chi connectivity index (χ2n) is 2.69. The first-order valence-electron chi connectivity index (χ1n) is 3.68. The van der Waals surface area contributed by atoms with Crippen LogP contribution in [-0.4, -0.2) is 19.0 Å². The molecule has 0 aromatic heterocycles. The molecule has 0 amide bonds. The fraction of sp³-hybridized carbons (Fsp3) is 1.00. The van der Waals surface area contributed by atoms with Crippen LogP contribution in [0.15, 0.2) is 0 Å². The predicted molar refractivity (Wildman–Crippen MR) is 43.8 cm³/mol. The van der Waals surface area contributed by atoms with E-state index in [9.17, 15) is 4.57 Å². The first-order valence-corrected chi connectivity index (χ1v) is 6.20. The molecule has 0 saturated carbocycles. The Kier molecular flexibility index (Phi) is 4.22. The molecule has 0 radical (unpaired) electrons. The molecule has 0 aliphatic carbocycles. The number of unbranched alkanes of at least 4 members (excludes halogenated alkanes) is 1. The Morgan fingerprint density at radius 2 is 1.89 bits per heavy atom. The molecule has 0 spiro atoms. The molecule has 0 saturated heterocycles. The van der Waals surface area contributed by atoms with Crippen LogP contribution in [0.2, 0.25) is 0 Å². The van der Waals surface area contributed by atoms with Crippen LogP contribution in [0, 0.1) is 0 Å². The molecule has 0 aliphatic rings. The first-order chi connectivity index (χ1) is 4.12. The molecular formula is C7H17OP. The monoisotopic (exact) mass is 148 g/mol. The summed E-state index contributed by atoms with van der Waals surface area (Å²) < 4.78 is 11.3. The zero-order valence-electron chi connectivity index (χ0n) is 6.68. The van der Waals surface area contributed by atoms with E-state index in [1.807, 2.05) is 13.6 Å². The normalized spacial score (nSPS) is 17.2. The van der Waals surface area contributed by atoms with Crippen LogP contribution in [0.1, 0.15) is 26.7 Å². The van der Waals surface area contributed by atoms with E-state index in [0.29, 0.717) is 0 Å². The van der Waals surface area contributed by atoms with Crippen molar-refractivity contribution < 1.29 is 4.57 Å². The van der Waals surface area contributed by atoms with Gasteiger partial charge in [0.15, 0.2) is 0 Å². The average Bonchev–Trinajstić information content (AvgIpc) is 1.84. The van der Waals surface area contributed by atoms with Gasteiger partial charge in [-0.1, -0.05) is 20.3 Å². The minimum absolute atomic E-state index is 0.868. The van der Waals surface area contributed by atoms with Crippen molar-refractivity contribution >= 4 is 7.14 Å². The van der Waals surface area contributed by atoms with Crippen LogP contribution in [0.4, 0.5) is 0 Å². The Bertz CT molecular complexity index is 109. The molecule has 0 aromatic rings. The SMILES string of the molecule is CCCCP(C)(=O)CC. The van der Waals surface area contributed by atoms with E-state index in [2.05, 4.69) is 6.92 Å². The van der Waals surface area contributed by atoms with Crippen molar-refractivity contribution in [3.05, 3.63) is 0 Å². The van der Waals surface area contributed by atoms with Crippen molar-refractivity contribution in [1.82, 2.24) is 0 Å². The molecule has 0 rings (SSSR count). The van der Waals surface area contributed by atoms with Gasteiger partial charge in [0.05, 0.1) is 7.14 Å². The highest BCUT2D eigenvalue weighted by atomic mass is 31.2. The maximum atomic E-state index is 11.3. The van der Waals surface area contributed by atoms with Gasteiger partial charge in [-0.05, 0) is 19.2 Å². The van der Waals surface area contributed by atoms with E-state index in [4.69, 9.17) is 0 Å². The second-order valence-corrected chi connectivity index (χ2v) is 6.36. The number of hydrogen-bond acceptors (Lipinski definition) is 1. The van der Waals surface area contributed by atoms with Crippen LogP contribution >= 0.6 is 7.14 Å². The standard InChI is InChI=1S/C7H17OP/c1-4-6-7-9(3,8)5-2/h4-7H2,1-3H3. The predicted octanol–water partition coefficient (Wildman–Crippen LogP) is 2.80. The van der Waals surface area contributed by atoms with Gasteiger partial charge in [0, 0.05) is 6.16 Å². The van der Waals surface area contributed by atoms with Gasteiger partial charge in [0.2, 0.25) is 0 Å². The Labute approximate surface area is 58.2 Å². The lowest BCUT2D eigenvalue weighted by Crippen LogP contribution is -1.89. The third-order valence-electron chi connectivity index (χ3n) is 1.65. The summed E-state index contributed by atoms with van der Waals surface area (Å²) in [6.45, 7) is 6.05. The molecule has 56 valence electrons. The molecular weight excluding hydrogens is 131 g/mol. The summed E-state index contributed by atoms with van der Waals surface area (Å²) in [6, 6.07) is 0. The highest BCUT2D eigenvalue weighted by Gasteiger charge is 2.09. The van der Waals surface area contributed by atoms with E-state index in [1.54, 1.807) is 0 Å². The molecule has 0 aromatic carbocycles. The Hall–Kier alpha value is 0.230. The van der Waals surface area contributed by atoms with Gasteiger partial charge in [-0.3, -0.25) is 0 Å². The lowest BCUT2D eigenvalue weighted by molar-refractivity contribution is 0.577. The summed E-state index contributed by atoms with van der Waals surface area (Å²) in [5.41, 5.74) is 0. The van der Waals surface area contributed by atoms with E-state index >= 15 is 0 Å². The largest absolute Gasteiger partial charge is 0.324 e. The maximum absolute atomic E-state index is 11.3. The number of rotatable bonds is 4. The lowest BCUT2D eigenvalue weighted by atomic mass is 10.4. The van der Waals surface area contributed by atoms with Crippen molar-refractivity contribution in [3.8, 4) is 0 Å². The Morgan fingerprint density at radius 3 is 2.22 bits per heavy atom. The molecule has 1 nitrogen and oxygen atoms in total. The van der Waals surface area contributed by atoms with Crippen LogP contribution < -0.4 is 0 Å². The summed E-state index contributed by atoms with van der Waals surface area (Å²) in [4.78, 5) is 0. The van der Waals surface area contributed by atoms with Gasteiger partial charge >= 0.3 is 0 Å². The maximum Gasteiger partial charge on any atom is 0.0845 e. The van der Waals surface area contributed by atoms with Gasteiger partial charge in [-0.2, -0.15) is 0 Å². The van der Waals surface area contributed by atoms with Crippen LogP contribution in [-0.2, 0) is 4.57 Å². The van der Waals surface area contributed by atoms with Gasteiger partial charge in [0.25, 0.3) is 0 Å². The first kappa shape index (κ1) is 9.23. The Balaban J connectivity index is 3.46. The van der Waals surface area contributed by atoms with Crippen LogP contribution in [0.25, 0.3) is 0 Å². The minimum atomic E-state index is -1.69. The summed E-state index contributed by atoms with van der Waals surface area (Å²) in [5.74, 6) is 0. The second kappa shape index (κ2) is 4.11. The summed E-state index contributed by atoms with van der Waals surface area (Å²) in [5, 5.41) is 0. The van der Waals surface area contributed by atoms with E-state index < -0.39 is 7.14 Å². The zero-order valence-corrected chi connectivity index (χ0v) is 7.58. The molecule has 1 atom stereocenters. The molecule has 1 unspecified atom stereocenters. The van der Waals surface area contributed by atoms with Crippen molar-refractivity contribution in [1.29, 1.82) is 0 Å². The topological polar surface area (TPSA) is 17.1 Å². The smallest absolute Gasteiger partial charge is 0.0845 e. The van der Waals surface area contributed by atoms with Crippen molar-refractivity contribution in [3.63, 3.8) is 0 Å². The fourth-order valence-electron chi connectivity index (χ4n) is 0.651. The molecule has 0 N–H and O–H groups in total. The van der Waals surface area contributed by atoms with Gasteiger partial charge in [-0.15, -0.1) is 0 Å². The van der Waals surface area contributed by atoms with Crippen molar-refractivity contribution in [2.24, 2.45) is 0 Å². The highest BCUT2D eigenvalue weighted by molar-refractivity contribution is 7.63. The van der Waals surface area contributed by atoms with Crippen LogP contribution in [0.5, 0.6) is 0 Å². The average molecular weight is 148 g/mol. The van der Waals surface area contributed by atoms with Crippen LogP contribution in [0.3, 0.4) is 0 Å². The molecule has 0 aliphatic heterocycles. The lowest BCUT2D eigenvalue weighted by Gasteiger charge is -2.07. The number of hydrogen-bond donors (Lipinski definition) is 0. The minimum Gasteiger partial charge on any atom is -0.324 e. The third kappa shape index (κ3) is 4.72. The molecule has 0 heterocycles. The van der Waals surface area contributed by atoms with E-state index in [1.165, 1.54) is 0 Å². The van der Waals surface area contributed by atoms with Gasteiger partial charge in [-0.25, -0.2) is 0 Å². The van der Waals surface area contributed by atoms with Crippen molar-refractivity contribution in [2.45, 2.75) is 26.7 Å².